The quantitative estimate of drug-likeness (QED) is 0.827. The topological polar surface area (TPSA) is 32.3 Å². The molecule has 0 saturated carbocycles. The van der Waals surface area contributed by atoms with Crippen LogP contribution in [0.4, 0.5) is 0 Å². The van der Waals surface area contributed by atoms with Crippen LogP contribution in [0.2, 0.25) is 0 Å². The molecule has 2 rings (SSSR count). The molecule has 1 aromatic rings. The average Bonchev–Trinajstić information content (AvgIpc) is 3.02. The molecule has 0 radical (unpaired) electrons. The van der Waals surface area contributed by atoms with Gasteiger partial charge in [0, 0.05) is 21.5 Å². The molecule has 1 aliphatic rings. The van der Waals surface area contributed by atoms with Crippen LogP contribution in [0, 0.1) is 6.92 Å². The van der Waals surface area contributed by atoms with Crippen molar-refractivity contribution in [3.05, 3.63) is 21.9 Å². The molecule has 1 amide bonds. The standard InChI is InChI=1S/C16H26N2OS2/c1-5-6-13-16(19)18(10-9-11(2)20-4)15(17-13)14-8-7-12(3)21-14/h7-8,11,13,15,17H,5-6,9-10H2,1-4H3. The zero-order valence-electron chi connectivity index (χ0n) is 13.4. The molecule has 1 saturated heterocycles. The predicted molar refractivity (Wildman–Crippen MR) is 92.9 cm³/mol. The Morgan fingerprint density at radius 2 is 2.24 bits per heavy atom. The fraction of sp³-hybridized carbons (Fsp3) is 0.688. The van der Waals surface area contributed by atoms with E-state index in [-0.39, 0.29) is 18.1 Å². The second-order valence-corrected chi connectivity index (χ2v) is 8.32. The summed E-state index contributed by atoms with van der Waals surface area (Å²) in [5.74, 6) is 0.279. The van der Waals surface area contributed by atoms with Crippen LogP contribution < -0.4 is 5.32 Å². The van der Waals surface area contributed by atoms with E-state index < -0.39 is 0 Å². The fourth-order valence-electron chi connectivity index (χ4n) is 2.69. The maximum absolute atomic E-state index is 12.6. The molecule has 5 heteroatoms. The minimum Gasteiger partial charge on any atom is -0.321 e. The number of thioether (sulfide) groups is 1. The minimum absolute atomic E-state index is 0.00741. The molecule has 21 heavy (non-hydrogen) atoms. The molecule has 2 heterocycles. The van der Waals surface area contributed by atoms with E-state index in [2.05, 4.69) is 49.4 Å². The Morgan fingerprint density at radius 1 is 1.48 bits per heavy atom. The van der Waals surface area contributed by atoms with Crippen molar-refractivity contribution in [2.45, 2.75) is 57.5 Å². The van der Waals surface area contributed by atoms with Gasteiger partial charge >= 0.3 is 0 Å². The maximum atomic E-state index is 12.6. The smallest absolute Gasteiger partial charge is 0.241 e. The van der Waals surface area contributed by atoms with Crippen LogP contribution in [0.15, 0.2) is 12.1 Å². The second kappa shape index (κ2) is 7.65. The Labute approximate surface area is 136 Å². The lowest BCUT2D eigenvalue weighted by atomic mass is 10.1. The Morgan fingerprint density at radius 3 is 2.81 bits per heavy atom. The number of nitrogens with zero attached hydrogens (tertiary/aromatic N) is 1. The van der Waals surface area contributed by atoms with E-state index in [0.717, 1.165) is 25.8 Å². The van der Waals surface area contributed by atoms with Gasteiger partial charge in [-0.2, -0.15) is 11.8 Å². The average molecular weight is 327 g/mol. The summed E-state index contributed by atoms with van der Waals surface area (Å²) in [5, 5.41) is 4.13. The molecule has 1 aliphatic heterocycles. The SMILES string of the molecule is CCCC1NC(c2ccc(C)s2)N(CCC(C)SC)C1=O. The van der Waals surface area contributed by atoms with Gasteiger partial charge in [-0.15, -0.1) is 11.3 Å². The number of rotatable bonds is 7. The molecule has 0 spiro atoms. The van der Waals surface area contributed by atoms with Crippen molar-refractivity contribution >= 4 is 29.0 Å². The highest BCUT2D eigenvalue weighted by Crippen LogP contribution is 2.32. The predicted octanol–water partition coefficient (Wildman–Crippen LogP) is 3.80. The fourth-order valence-corrected chi connectivity index (χ4v) is 3.98. The van der Waals surface area contributed by atoms with Crippen LogP contribution in [-0.2, 0) is 4.79 Å². The van der Waals surface area contributed by atoms with E-state index in [1.807, 2.05) is 11.8 Å². The molecular formula is C16H26N2OS2. The zero-order valence-corrected chi connectivity index (χ0v) is 15.0. The highest BCUT2D eigenvalue weighted by Gasteiger charge is 2.39. The number of thiophene rings is 1. The first-order chi connectivity index (χ1) is 10.1. The highest BCUT2D eigenvalue weighted by molar-refractivity contribution is 7.99. The molecule has 3 unspecified atom stereocenters. The van der Waals surface area contributed by atoms with Gasteiger partial charge in [-0.05, 0) is 38.2 Å². The lowest BCUT2D eigenvalue weighted by Crippen LogP contribution is -2.32. The first-order valence-corrected chi connectivity index (χ1v) is 9.83. The van der Waals surface area contributed by atoms with Gasteiger partial charge in [0.2, 0.25) is 5.91 Å². The number of aryl methyl sites for hydroxylation is 1. The molecular weight excluding hydrogens is 300 g/mol. The van der Waals surface area contributed by atoms with Gasteiger partial charge in [-0.1, -0.05) is 20.3 Å². The summed E-state index contributed by atoms with van der Waals surface area (Å²) in [6.45, 7) is 7.33. The monoisotopic (exact) mass is 326 g/mol. The van der Waals surface area contributed by atoms with Crippen LogP contribution in [0.3, 0.4) is 0 Å². The van der Waals surface area contributed by atoms with E-state index in [9.17, 15) is 4.79 Å². The molecule has 1 N–H and O–H groups in total. The van der Waals surface area contributed by atoms with Gasteiger partial charge in [-0.25, -0.2) is 0 Å². The molecule has 1 aromatic heterocycles. The third-order valence-electron chi connectivity index (χ3n) is 4.04. The third-order valence-corrected chi connectivity index (χ3v) is 6.13. The molecule has 0 bridgehead atoms. The molecule has 0 aromatic carbocycles. The first kappa shape index (κ1) is 16.8. The van der Waals surface area contributed by atoms with Gasteiger partial charge in [0.1, 0.15) is 6.17 Å². The third kappa shape index (κ3) is 4.02. The van der Waals surface area contributed by atoms with E-state index in [1.54, 1.807) is 11.3 Å². The van der Waals surface area contributed by atoms with Crippen molar-refractivity contribution < 1.29 is 4.79 Å². The number of hydrogen-bond donors (Lipinski definition) is 1. The van der Waals surface area contributed by atoms with Crippen molar-refractivity contribution in [1.29, 1.82) is 0 Å². The van der Waals surface area contributed by atoms with Crippen molar-refractivity contribution in [1.82, 2.24) is 10.2 Å². The Balaban J connectivity index is 2.12. The van der Waals surface area contributed by atoms with Gasteiger partial charge in [0.05, 0.1) is 6.04 Å². The van der Waals surface area contributed by atoms with Gasteiger partial charge in [0.15, 0.2) is 0 Å². The molecule has 0 aliphatic carbocycles. The van der Waals surface area contributed by atoms with E-state index in [0.29, 0.717) is 5.25 Å². The Hall–Kier alpha value is -0.520. The summed E-state index contributed by atoms with van der Waals surface area (Å²) >= 11 is 3.66. The number of carbonyl (C=O) groups excluding carboxylic acids is 1. The van der Waals surface area contributed by atoms with Crippen LogP contribution in [0.25, 0.3) is 0 Å². The summed E-state index contributed by atoms with van der Waals surface area (Å²) in [5.41, 5.74) is 0. The lowest BCUT2D eigenvalue weighted by molar-refractivity contribution is -0.130. The number of amides is 1. The molecule has 3 atom stereocenters. The number of nitrogens with one attached hydrogen (secondary N) is 1. The van der Waals surface area contributed by atoms with Crippen molar-refractivity contribution in [3.63, 3.8) is 0 Å². The van der Waals surface area contributed by atoms with Crippen LogP contribution in [0.1, 0.15) is 49.0 Å². The number of carbonyl (C=O) groups is 1. The highest BCUT2D eigenvalue weighted by atomic mass is 32.2. The summed E-state index contributed by atoms with van der Waals surface area (Å²) < 4.78 is 0. The van der Waals surface area contributed by atoms with Crippen molar-refractivity contribution in [2.75, 3.05) is 12.8 Å². The summed E-state index contributed by atoms with van der Waals surface area (Å²) in [4.78, 5) is 17.3. The lowest BCUT2D eigenvalue weighted by Gasteiger charge is -2.24. The van der Waals surface area contributed by atoms with E-state index in [4.69, 9.17) is 0 Å². The van der Waals surface area contributed by atoms with E-state index >= 15 is 0 Å². The molecule has 3 nitrogen and oxygen atoms in total. The van der Waals surface area contributed by atoms with Gasteiger partial charge < -0.3 is 4.90 Å². The molecule has 1 fully saturated rings. The molecule has 118 valence electrons. The zero-order chi connectivity index (χ0) is 15.4. The second-order valence-electron chi connectivity index (χ2n) is 5.73. The van der Waals surface area contributed by atoms with Crippen LogP contribution in [0.5, 0.6) is 0 Å². The van der Waals surface area contributed by atoms with Crippen molar-refractivity contribution in [3.8, 4) is 0 Å². The minimum atomic E-state index is -0.00741. The Kier molecular flexibility index (Phi) is 6.14. The van der Waals surface area contributed by atoms with Gasteiger partial charge in [-0.3, -0.25) is 10.1 Å². The maximum Gasteiger partial charge on any atom is 0.241 e. The van der Waals surface area contributed by atoms with Crippen molar-refractivity contribution in [2.24, 2.45) is 0 Å². The van der Waals surface area contributed by atoms with Crippen LogP contribution >= 0.6 is 23.1 Å². The van der Waals surface area contributed by atoms with Gasteiger partial charge in [0.25, 0.3) is 0 Å². The Bertz CT molecular complexity index is 475. The summed E-state index contributed by atoms with van der Waals surface area (Å²) in [7, 11) is 0. The normalized spacial score (nSPS) is 23.8. The van der Waals surface area contributed by atoms with Crippen LogP contribution in [-0.4, -0.2) is 34.9 Å². The first-order valence-electron chi connectivity index (χ1n) is 7.72. The number of hydrogen-bond acceptors (Lipinski definition) is 4. The summed E-state index contributed by atoms with van der Waals surface area (Å²) in [6.07, 6.45) is 5.22. The largest absolute Gasteiger partial charge is 0.321 e. The summed E-state index contributed by atoms with van der Waals surface area (Å²) in [6, 6.07) is 4.29. The van der Waals surface area contributed by atoms with E-state index in [1.165, 1.54) is 9.75 Å².